The van der Waals surface area contributed by atoms with Gasteiger partial charge in [0.15, 0.2) is 0 Å². The fourth-order valence-electron chi connectivity index (χ4n) is 3.46. The van der Waals surface area contributed by atoms with Gasteiger partial charge in [-0.15, -0.1) is 0 Å². The average Bonchev–Trinajstić information content (AvgIpc) is 3.09. The fourth-order valence-corrected chi connectivity index (χ4v) is 3.46. The Morgan fingerprint density at radius 2 is 1.88 bits per heavy atom. The van der Waals surface area contributed by atoms with Crippen molar-refractivity contribution in [1.29, 1.82) is 0 Å². The maximum Gasteiger partial charge on any atom is 0.0600 e. The van der Waals surface area contributed by atoms with Crippen molar-refractivity contribution in [3.05, 3.63) is 53.1 Å². The van der Waals surface area contributed by atoms with Gasteiger partial charge in [0, 0.05) is 25.3 Å². The number of rotatable bonds is 6. The van der Waals surface area contributed by atoms with Crippen molar-refractivity contribution >= 4 is 17.1 Å². The van der Waals surface area contributed by atoms with Crippen LogP contribution >= 0.6 is 0 Å². The third-order valence-corrected chi connectivity index (χ3v) is 5.10. The second-order valence-corrected chi connectivity index (χ2v) is 6.87. The Bertz CT molecular complexity index is 687. The van der Waals surface area contributed by atoms with Crippen LogP contribution in [0, 0.1) is 13.8 Å². The lowest BCUT2D eigenvalue weighted by Crippen LogP contribution is -2.19. The van der Waals surface area contributed by atoms with Crippen LogP contribution in [-0.4, -0.2) is 19.6 Å². The molecule has 1 heterocycles. The minimum atomic E-state index is 0.928. The molecule has 128 valence electrons. The Labute approximate surface area is 145 Å². The highest BCUT2D eigenvalue weighted by Crippen LogP contribution is 2.28. The average molecular weight is 323 g/mol. The van der Waals surface area contributed by atoms with E-state index in [-0.39, 0.29) is 0 Å². The second-order valence-electron chi connectivity index (χ2n) is 6.87. The smallest absolute Gasteiger partial charge is 0.0600 e. The van der Waals surface area contributed by atoms with Crippen LogP contribution in [0.15, 0.2) is 36.4 Å². The van der Waals surface area contributed by atoms with Crippen molar-refractivity contribution in [2.45, 2.75) is 39.5 Å². The maximum atomic E-state index is 6.28. The van der Waals surface area contributed by atoms with Crippen LogP contribution in [0.1, 0.15) is 36.0 Å². The number of hydrogen-bond donors (Lipinski definition) is 2. The third-order valence-electron chi connectivity index (χ3n) is 5.10. The molecule has 3 rings (SSSR count). The zero-order chi connectivity index (χ0) is 16.9. The molecule has 0 bridgehead atoms. The van der Waals surface area contributed by atoms with E-state index in [1.807, 2.05) is 0 Å². The molecule has 0 saturated carbocycles. The lowest BCUT2D eigenvalue weighted by Gasteiger charge is -2.20. The van der Waals surface area contributed by atoms with Crippen LogP contribution in [0.25, 0.3) is 0 Å². The molecule has 0 amide bonds. The molecule has 0 spiro atoms. The molecular formula is C21H29N3. The van der Waals surface area contributed by atoms with Crippen molar-refractivity contribution in [3.63, 3.8) is 0 Å². The molecule has 3 heteroatoms. The predicted octanol–water partition coefficient (Wildman–Crippen LogP) is 4.53. The summed E-state index contributed by atoms with van der Waals surface area (Å²) in [6, 6.07) is 13.0. The van der Waals surface area contributed by atoms with Gasteiger partial charge in [0.25, 0.3) is 0 Å². The molecule has 1 aliphatic heterocycles. The van der Waals surface area contributed by atoms with Crippen molar-refractivity contribution in [2.24, 2.45) is 0 Å². The van der Waals surface area contributed by atoms with E-state index in [9.17, 15) is 0 Å². The Balaban J connectivity index is 1.51. The van der Waals surface area contributed by atoms with Gasteiger partial charge >= 0.3 is 0 Å². The Kier molecular flexibility index (Phi) is 5.29. The number of nitrogens with two attached hydrogens (primary N) is 1. The summed E-state index contributed by atoms with van der Waals surface area (Å²) < 4.78 is 0. The summed E-state index contributed by atoms with van der Waals surface area (Å²) in [5.74, 6) is 0. The first kappa shape index (κ1) is 16.7. The van der Waals surface area contributed by atoms with Crippen LogP contribution < -0.4 is 16.0 Å². The zero-order valence-electron chi connectivity index (χ0n) is 14.9. The summed E-state index contributed by atoms with van der Waals surface area (Å²) in [5, 5.41) is 3.56. The monoisotopic (exact) mass is 323 g/mol. The quantitative estimate of drug-likeness (QED) is 0.606. The lowest BCUT2D eigenvalue weighted by atomic mass is 10.1. The lowest BCUT2D eigenvalue weighted by molar-refractivity contribution is 0.861. The molecule has 0 radical (unpaired) electrons. The van der Waals surface area contributed by atoms with Crippen LogP contribution in [0.2, 0.25) is 0 Å². The highest BCUT2D eigenvalue weighted by Gasteiger charge is 2.14. The summed E-state index contributed by atoms with van der Waals surface area (Å²) in [5.41, 5.74) is 13.7. The van der Waals surface area contributed by atoms with E-state index < -0.39 is 0 Å². The molecule has 2 aromatic rings. The van der Waals surface area contributed by atoms with Gasteiger partial charge in [-0.1, -0.05) is 18.2 Å². The molecule has 0 atom stereocenters. The molecule has 1 saturated heterocycles. The number of nitrogens with zero attached hydrogens (tertiary/aromatic N) is 1. The first-order valence-corrected chi connectivity index (χ1v) is 9.08. The highest BCUT2D eigenvalue weighted by atomic mass is 15.1. The van der Waals surface area contributed by atoms with Gasteiger partial charge in [-0.3, -0.25) is 0 Å². The minimum absolute atomic E-state index is 0.928. The van der Waals surface area contributed by atoms with Crippen LogP contribution in [-0.2, 0) is 6.42 Å². The van der Waals surface area contributed by atoms with Gasteiger partial charge in [0.1, 0.15) is 0 Å². The molecular weight excluding hydrogens is 294 g/mol. The van der Waals surface area contributed by atoms with Crippen LogP contribution in [0.3, 0.4) is 0 Å². The van der Waals surface area contributed by atoms with E-state index in [1.165, 1.54) is 40.9 Å². The molecule has 3 N–H and O–H groups in total. The van der Waals surface area contributed by atoms with E-state index in [2.05, 4.69) is 60.5 Å². The topological polar surface area (TPSA) is 41.3 Å². The Morgan fingerprint density at radius 3 is 2.62 bits per heavy atom. The number of benzene rings is 2. The molecule has 0 aromatic heterocycles. The second kappa shape index (κ2) is 7.61. The molecule has 0 aliphatic carbocycles. The van der Waals surface area contributed by atoms with Crippen LogP contribution in [0.4, 0.5) is 17.1 Å². The van der Waals surface area contributed by atoms with Gasteiger partial charge in [-0.25, -0.2) is 0 Å². The summed E-state index contributed by atoms with van der Waals surface area (Å²) in [6.07, 6.45) is 4.73. The number of anilines is 3. The molecule has 24 heavy (non-hydrogen) atoms. The molecule has 3 nitrogen and oxygen atoms in total. The number of aryl methyl sites for hydroxylation is 2. The van der Waals surface area contributed by atoms with Crippen molar-refractivity contribution in [2.75, 3.05) is 35.6 Å². The SMILES string of the molecule is Cc1cccc(NCCCc2ccc(N3CCCC3)c(N)c2)c1C. The molecule has 2 aromatic carbocycles. The largest absolute Gasteiger partial charge is 0.397 e. The first-order chi connectivity index (χ1) is 11.6. The van der Waals surface area contributed by atoms with E-state index >= 15 is 0 Å². The van der Waals surface area contributed by atoms with Crippen molar-refractivity contribution in [1.82, 2.24) is 0 Å². The highest BCUT2D eigenvalue weighted by molar-refractivity contribution is 5.68. The van der Waals surface area contributed by atoms with Crippen molar-refractivity contribution in [3.8, 4) is 0 Å². The predicted molar refractivity (Wildman–Crippen MR) is 105 cm³/mol. The number of nitrogens with one attached hydrogen (secondary N) is 1. The minimum Gasteiger partial charge on any atom is -0.397 e. The van der Waals surface area contributed by atoms with Crippen molar-refractivity contribution < 1.29 is 0 Å². The molecule has 1 fully saturated rings. The van der Waals surface area contributed by atoms with Gasteiger partial charge in [0.05, 0.1) is 11.4 Å². The standard InChI is InChI=1S/C21H29N3/c1-16-7-5-9-20(17(16)2)23-12-6-8-18-10-11-21(19(22)15-18)24-13-3-4-14-24/h5,7,9-11,15,23H,3-4,6,8,12-14,22H2,1-2H3. The van der Waals surface area contributed by atoms with E-state index in [0.29, 0.717) is 0 Å². The Hall–Kier alpha value is -2.16. The van der Waals surface area contributed by atoms with E-state index in [0.717, 1.165) is 38.2 Å². The number of nitrogen functional groups attached to an aromatic ring is 1. The van der Waals surface area contributed by atoms with E-state index in [4.69, 9.17) is 5.73 Å². The molecule has 0 unspecified atom stereocenters. The normalized spacial score (nSPS) is 14.2. The summed E-state index contributed by atoms with van der Waals surface area (Å²) in [4.78, 5) is 2.40. The van der Waals surface area contributed by atoms with Gasteiger partial charge in [-0.2, -0.15) is 0 Å². The zero-order valence-corrected chi connectivity index (χ0v) is 14.9. The number of hydrogen-bond acceptors (Lipinski definition) is 3. The van der Waals surface area contributed by atoms with Gasteiger partial charge in [0.2, 0.25) is 0 Å². The summed E-state index contributed by atoms with van der Waals surface area (Å²) >= 11 is 0. The maximum absolute atomic E-state index is 6.28. The fraction of sp³-hybridized carbons (Fsp3) is 0.429. The summed E-state index contributed by atoms with van der Waals surface area (Å²) in [7, 11) is 0. The van der Waals surface area contributed by atoms with E-state index in [1.54, 1.807) is 0 Å². The Morgan fingerprint density at radius 1 is 1.08 bits per heavy atom. The van der Waals surface area contributed by atoms with Gasteiger partial charge < -0.3 is 16.0 Å². The first-order valence-electron chi connectivity index (χ1n) is 9.08. The van der Waals surface area contributed by atoms with Crippen LogP contribution in [0.5, 0.6) is 0 Å². The third kappa shape index (κ3) is 3.84. The van der Waals surface area contributed by atoms with Gasteiger partial charge in [-0.05, 0) is 74.4 Å². The summed E-state index contributed by atoms with van der Waals surface area (Å²) in [6.45, 7) is 7.60. The molecule has 1 aliphatic rings.